The van der Waals surface area contributed by atoms with Crippen molar-refractivity contribution in [3.05, 3.63) is 186 Å². The lowest BCUT2D eigenvalue weighted by Gasteiger charge is -2.39. The van der Waals surface area contributed by atoms with Crippen molar-refractivity contribution < 1.29 is 9.15 Å². The van der Waals surface area contributed by atoms with Crippen LogP contribution in [0.4, 0.5) is 0 Å². The smallest absolute Gasteiger partial charge is 0.164 e. The molecular formula is C46H27N3O2. The summed E-state index contributed by atoms with van der Waals surface area (Å²) in [4.78, 5) is 14.9. The van der Waals surface area contributed by atoms with Crippen LogP contribution in [-0.4, -0.2) is 15.0 Å². The van der Waals surface area contributed by atoms with Crippen molar-refractivity contribution in [1.29, 1.82) is 0 Å². The summed E-state index contributed by atoms with van der Waals surface area (Å²) in [6, 6.07) is 56.6. The fraction of sp³-hybridized carbons (Fsp3) is 0.0217. The average molecular weight is 654 g/mol. The first-order chi connectivity index (χ1) is 25.3. The first-order valence-electron chi connectivity index (χ1n) is 17.1. The highest BCUT2D eigenvalue weighted by molar-refractivity contribution is 6.09. The fourth-order valence-electron chi connectivity index (χ4n) is 8.20. The Kier molecular flexibility index (Phi) is 5.81. The van der Waals surface area contributed by atoms with Gasteiger partial charge in [-0.05, 0) is 64.7 Å². The molecule has 0 saturated carbocycles. The topological polar surface area (TPSA) is 61.0 Å². The van der Waals surface area contributed by atoms with Gasteiger partial charge in [-0.25, -0.2) is 15.0 Å². The van der Waals surface area contributed by atoms with Crippen molar-refractivity contribution in [2.45, 2.75) is 5.41 Å². The Morgan fingerprint density at radius 3 is 1.55 bits per heavy atom. The maximum atomic E-state index is 6.61. The average Bonchev–Trinajstić information content (AvgIpc) is 3.70. The molecule has 1 spiro atoms. The second kappa shape index (κ2) is 10.6. The van der Waals surface area contributed by atoms with Crippen molar-refractivity contribution in [1.82, 2.24) is 15.0 Å². The van der Waals surface area contributed by atoms with E-state index in [1.165, 1.54) is 22.3 Å². The number of rotatable bonds is 3. The minimum Gasteiger partial charge on any atom is -0.457 e. The normalized spacial score (nSPS) is 13.4. The number of hydrogen-bond donors (Lipinski definition) is 0. The lowest BCUT2D eigenvalue weighted by atomic mass is 9.66. The summed E-state index contributed by atoms with van der Waals surface area (Å²) in [7, 11) is 0. The predicted molar refractivity (Wildman–Crippen MR) is 201 cm³/mol. The Balaban J connectivity index is 1.16. The molecule has 2 aliphatic rings. The van der Waals surface area contributed by atoms with E-state index in [0.717, 1.165) is 61.3 Å². The quantitative estimate of drug-likeness (QED) is 0.190. The maximum Gasteiger partial charge on any atom is 0.164 e. The molecule has 0 atom stereocenters. The van der Waals surface area contributed by atoms with Crippen LogP contribution in [0, 0.1) is 0 Å². The highest BCUT2D eigenvalue weighted by atomic mass is 16.5. The van der Waals surface area contributed by atoms with E-state index in [1.807, 2.05) is 84.9 Å². The third-order valence-corrected chi connectivity index (χ3v) is 10.4. The molecule has 0 bridgehead atoms. The van der Waals surface area contributed by atoms with Crippen molar-refractivity contribution in [2.75, 3.05) is 0 Å². The first-order valence-corrected chi connectivity index (χ1v) is 17.1. The van der Waals surface area contributed by atoms with Crippen LogP contribution in [0.1, 0.15) is 22.3 Å². The predicted octanol–water partition coefficient (Wildman–Crippen LogP) is 11.2. The van der Waals surface area contributed by atoms with Gasteiger partial charge < -0.3 is 9.15 Å². The van der Waals surface area contributed by atoms with E-state index in [2.05, 4.69) is 78.9 Å². The van der Waals surface area contributed by atoms with Gasteiger partial charge in [0.15, 0.2) is 17.5 Å². The number of nitrogens with zero attached hydrogens (tertiary/aromatic N) is 3. The third-order valence-electron chi connectivity index (χ3n) is 10.4. The summed E-state index contributed by atoms with van der Waals surface area (Å²) in [5, 5.41) is 2.05. The molecule has 238 valence electrons. The van der Waals surface area contributed by atoms with Crippen LogP contribution in [-0.2, 0) is 5.41 Å². The summed E-state index contributed by atoms with van der Waals surface area (Å²) in [5.74, 6) is 3.61. The SMILES string of the molecule is c1ccc(-c2nc(-c3ccccc3)nc(-c3ccc4oc5cc6c(cc5c4c3)C3(c4ccccc4Oc4ccccc43)c3ccccc3-6)n2)cc1. The van der Waals surface area contributed by atoms with Crippen LogP contribution >= 0.6 is 0 Å². The Bertz CT molecular complexity index is 2740. The van der Waals surface area contributed by atoms with Gasteiger partial charge in [-0.2, -0.15) is 0 Å². The zero-order chi connectivity index (χ0) is 33.5. The molecular weight excluding hydrogens is 627 g/mol. The number of ether oxygens (including phenoxy) is 1. The Labute approximate surface area is 293 Å². The van der Waals surface area contributed by atoms with E-state index in [1.54, 1.807) is 0 Å². The molecule has 0 radical (unpaired) electrons. The summed E-state index contributed by atoms with van der Waals surface area (Å²) >= 11 is 0. The summed E-state index contributed by atoms with van der Waals surface area (Å²) in [5.41, 5.74) is 11.0. The number of aromatic nitrogens is 3. The summed E-state index contributed by atoms with van der Waals surface area (Å²) in [6.45, 7) is 0. The molecule has 51 heavy (non-hydrogen) atoms. The van der Waals surface area contributed by atoms with E-state index >= 15 is 0 Å². The highest BCUT2D eigenvalue weighted by Crippen LogP contribution is 2.62. The lowest BCUT2D eigenvalue weighted by molar-refractivity contribution is 0.436. The van der Waals surface area contributed by atoms with E-state index in [-0.39, 0.29) is 0 Å². The van der Waals surface area contributed by atoms with Crippen LogP contribution in [0.3, 0.4) is 0 Å². The van der Waals surface area contributed by atoms with Gasteiger partial charge in [0.1, 0.15) is 22.7 Å². The molecule has 3 heterocycles. The number of hydrogen-bond acceptors (Lipinski definition) is 5. The molecule has 0 fully saturated rings. The van der Waals surface area contributed by atoms with Crippen molar-refractivity contribution >= 4 is 21.9 Å². The van der Waals surface area contributed by atoms with Crippen molar-refractivity contribution in [3.8, 4) is 56.8 Å². The molecule has 9 aromatic rings. The zero-order valence-corrected chi connectivity index (χ0v) is 27.2. The van der Waals surface area contributed by atoms with Crippen molar-refractivity contribution in [2.24, 2.45) is 0 Å². The van der Waals surface area contributed by atoms with Crippen LogP contribution < -0.4 is 4.74 Å². The highest BCUT2D eigenvalue weighted by Gasteiger charge is 2.51. The van der Waals surface area contributed by atoms with Crippen molar-refractivity contribution in [3.63, 3.8) is 0 Å². The van der Waals surface area contributed by atoms with Gasteiger partial charge in [-0.1, -0.05) is 121 Å². The van der Waals surface area contributed by atoms with Crippen LogP contribution in [0.5, 0.6) is 11.5 Å². The molecule has 2 aromatic heterocycles. The molecule has 0 N–H and O–H groups in total. The maximum absolute atomic E-state index is 6.61. The van der Waals surface area contributed by atoms with E-state index < -0.39 is 5.41 Å². The Morgan fingerprint density at radius 2 is 0.902 bits per heavy atom. The molecule has 1 aliphatic heterocycles. The zero-order valence-electron chi connectivity index (χ0n) is 27.2. The Morgan fingerprint density at radius 1 is 0.373 bits per heavy atom. The van der Waals surface area contributed by atoms with Gasteiger partial charge in [-0.3, -0.25) is 0 Å². The molecule has 0 amide bonds. The molecule has 7 aromatic carbocycles. The second-order valence-corrected chi connectivity index (χ2v) is 13.1. The van der Waals surface area contributed by atoms with Gasteiger partial charge >= 0.3 is 0 Å². The number of para-hydroxylation sites is 2. The summed E-state index contributed by atoms with van der Waals surface area (Å²) < 4.78 is 13.2. The molecule has 5 nitrogen and oxygen atoms in total. The minimum absolute atomic E-state index is 0.559. The van der Waals surface area contributed by atoms with E-state index in [4.69, 9.17) is 24.1 Å². The van der Waals surface area contributed by atoms with E-state index in [9.17, 15) is 0 Å². The van der Waals surface area contributed by atoms with Crippen LogP contribution in [0.2, 0.25) is 0 Å². The third kappa shape index (κ3) is 4.00. The van der Waals surface area contributed by atoms with Crippen LogP contribution in [0.15, 0.2) is 168 Å². The van der Waals surface area contributed by atoms with Gasteiger partial charge in [0.05, 0.1) is 5.41 Å². The number of fused-ring (bicyclic) bond motifs is 12. The second-order valence-electron chi connectivity index (χ2n) is 13.1. The summed E-state index contributed by atoms with van der Waals surface area (Å²) in [6.07, 6.45) is 0. The molecule has 0 saturated heterocycles. The standard InChI is InChI=1S/C46H27N3O2/c1-3-13-28(14-4-1)43-47-44(29-15-5-2-6-16-29)49-45(48-43)30-23-24-39-33(25-30)34-26-38-32(27-42(34)50-39)31-17-7-8-18-35(31)46(38)36-19-9-11-21-40(36)51-41-22-12-10-20-37(41)46/h1-27H. The lowest BCUT2D eigenvalue weighted by Crippen LogP contribution is -2.32. The molecule has 0 unspecified atom stereocenters. The number of furan rings is 1. The Hall–Kier alpha value is -6.85. The fourth-order valence-corrected chi connectivity index (χ4v) is 8.20. The van der Waals surface area contributed by atoms with Gasteiger partial charge in [0.2, 0.25) is 0 Å². The minimum atomic E-state index is -0.559. The van der Waals surface area contributed by atoms with Gasteiger partial charge in [0, 0.05) is 38.6 Å². The van der Waals surface area contributed by atoms with Gasteiger partial charge in [-0.15, -0.1) is 0 Å². The molecule has 11 rings (SSSR count). The molecule has 5 heteroatoms. The number of benzene rings is 7. The largest absolute Gasteiger partial charge is 0.457 e. The molecule has 1 aliphatic carbocycles. The monoisotopic (exact) mass is 653 g/mol. The van der Waals surface area contributed by atoms with E-state index in [0.29, 0.717) is 17.5 Å². The van der Waals surface area contributed by atoms with Crippen LogP contribution in [0.25, 0.3) is 67.2 Å². The van der Waals surface area contributed by atoms with Gasteiger partial charge in [0.25, 0.3) is 0 Å². The first kappa shape index (κ1) is 28.0.